The van der Waals surface area contributed by atoms with Gasteiger partial charge in [-0.25, -0.2) is 4.39 Å². The maximum atomic E-state index is 13.1. The highest BCUT2D eigenvalue weighted by atomic mass is 19.1. The maximum Gasteiger partial charge on any atom is 0.233 e. The Labute approximate surface area is 106 Å². The molecule has 4 nitrogen and oxygen atoms in total. The molecule has 0 spiro atoms. The van der Waals surface area contributed by atoms with Gasteiger partial charge in [0.05, 0.1) is 12.1 Å². The monoisotopic (exact) mass is 249 g/mol. The average molecular weight is 249 g/mol. The van der Waals surface area contributed by atoms with Crippen LogP contribution in [0.15, 0.2) is 18.2 Å². The molecule has 1 rings (SSSR count). The van der Waals surface area contributed by atoms with E-state index in [1.54, 1.807) is 12.1 Å². The van der Waals surface area contributed by atoms with E-state index in [0.29, 0.717) is 13.1 Å². The third-order valence-electron chi connectivity index (χ3n) is 2.34. The van der Waals surface area contributed by atoms with Gasteiger partial charge in [0.15, 0.2) is 0 Å². The van der Waals surface area contributed by atoms with Crippen LogP contribution >= 0.6 is 0 Å². The molecular formula is C13H16FN3O. The SMILES string of the molecule is CCCNC(=O)CNCc1ccc(F)c(C#N)c1. The molecule has 0 aliphatic rings. The summed E-state index contributed by atoms with van der Waals surface area (Å²) in [4.78, 5) is 11.3. The minimum atomic E-state index is -0.526. The Bertz CT molecular complexity index is 454. The van der Waals surface area contributed by atoms with E-state index in [2.05, 4.69) is 10.6 Å². The summed E-state index contributed by atoms with van der Waals surface area (Å²) < 4.78 is 13.1. The molecular weight excluding hydrogens is 233 g/mol. The lowest BCUT2D eigenvalue weighted by molar-refractivity contribution is -0.120. The second-order valence-electron chi connectivity index (χ2n) is 3.88. The van der Waals surface area contributed by atoms with Crippen LogP contribution in [0, 0.1) is 17.1 Å². The van der Waals surface area contributed by atoms with Gasteiger partial charge < -0.3 is 10.6 Å². The van der Waals surface area contributed by atoms with Crippen molar-refractivity contribution in [1.82, 2.24) is 10.6 Å². The van der Waals surface area contributed by atoms with Crippen molar-refractivity contribution in [2.75, 3.05) is 13.1 Å². The fourth-order valence-electron chi connectivity index (χ4n) is 1.42. The van der Waals surface area contributed by atoms with Gasteiger partial charge in [-0.1, -0.05) is 13.0 Å². The fraction of sp³-hybridized carbons (Fsp3) is 0.385. The molecule has 0 heterocycles. The van der Waals surface area contributed by atoms with Gasteiger partial charge in [-0.05, 0) is 24.1 Å². The molecule has 0 aliphatic carbocycles. The Kier molecular flexibility index (Phi) is 5.81. The smallest absolute Gasteiger partial charge is 0.233 e. The van der Waals surface area contributed by atoms with Gasteiger partial charge in [-0.3, -0.25) is 4.79 Å². The molecule has 0 aromatic heterocycles. The molecule has 1 aromatic rings. The summed E-state index contributed by atoms with van der Waals surface area (Å²) in [7, 11) is 0. The first-order valence-electron chi connectivity index (χ1n) is 5.83. The summed E-state index contributed by atoms with van der Waals surface area (Å²) in [5.41, 5.74) is 0.793. The summed E-state index contributed by atoms with van der Waals surface area (Å²) in [5, 5.41) is 14.4. The molecule has 0 bridgehead atoms. The summed E-state index contributed by atoms with van der Waals surface area (Å²) >= 11 is 0. The van der Waals surface area contributed by atoms with Gasteiger partial charge in [-0.2, -0.15) is 5.26 Å². The zero-order chi connectivity index (χ0) is 13.4. The number of amides is 1. The normalized spacial score (nSPS) is 9.83. The summed E-state index contributed by atoms with van der Waals surface area (Å²) in [6.07, 6.45) is 0.898. The zero-order valence-corrected chi connectivity index (χ0v) is 10.3. The Morgan fingerprint density at radius 1 is 1.50 bits per heavy atom. The van der Waals surface area contributed by atoms with Crippen molar-refractivity contribution < 1.29 is 9.18 Å². The second kappa shape index (κ2) is 7.41. The molecule has 0 fully saturated rings. The molecule has 0 atom stereocenters. The van der Waals surface area contributed by atoms with Crippen LogP contribution in [0.2, 0.25) is 0 Å². The van der Waals surface area contributed by atoms with Gasteiger partial charge >= 0.3 is 0 Å². The molecule has 0 aliphatic heterocycles. The number of hydrogen-bond donors (Lipinski definition) is 2. The molecule has 1 amide bonds. The van der Waals surface area contributed by atoms with Crippen LogP contribution in [0.4, 0.5) is 4.39 Å². The third kappa shape index (κ3) is 4.52. The number of halogens is 1. The van der Waals surface area contributed by atoms with Crippen LogP contribution in [-0.4, -0.2) is 19.0 Å². The Morgan fingerprint density at radius 3 is 2.94 bits per heavy atom. The first-order valence-corrected chi connectivity index (χ1v) is 5.83. The lowest BCUT2D eigenvalue weighted by atomic mass is 10.1. The number of benzene rings is 1. The van der Waals surface area contributed by atoms with Crippen molar-refractivity contribution in [3.63, 3.8) is 0 Å². The number of hydrogen-bond acceptors (Lipinski definition) is 3. The first kappa shape index (κ1) is 14.1. The van der Waals surface area contributed by atoms with Crippen LogP contribution in [0.1, 0.15) is 24.5 Å². The van der Waals surface area contributed by atoms with Crippen molar-refractivity contribution in [2.24, 2.45) is 0 Å². The number of rotatable bonds is 6. The Hall–Kier alpha value is -1.93. The van der Waals surface area contributed by atoms with E-state index in [0.717, 1.165) is 12.0 Å². The summed E-state index contributed by atoms with van der Waals surface area (Å²) in [5.74, 6) is -0.596. The van der Waals surface area contributed by atoms with Crippen LogP contribution in [-0.2, 0) is 11.3 Å². The molecule has 1 aromatic carbocycles. The van der Waals surface area contributed by atoms with Crippen molar-refractivity contribution >= 4 is 5.91 Å². The van der Waals surface area contributed by atoms with E-state index in [1.807, 2.05) is 6.92 Å². The van der Waals surface area contributed by atoms with E-state index < -0.39 is 5.82 Å². The van der Waals surface area contributed by atoms with Gasteiger partial charge in [-0.15, -0.1) is 0 Å². The predicted molar refractivity (Wildman–Crippen MR) is 66.1 cm³/mol. The van der Waals surface area contributed by atoms with E-state index in [-0.39, 0.29) is 18.0 Å². The van der Waals surface area contributed by atoms with Crippen molar-refractivity contribution in [2.45, 2.75) is 19.9 Å². The first-order chi connectivity index (χ1) is 8.67. The highest BCUT2D eigenvalue weighted by molar-refractivity contribution is 5.77. The molecule has 2 N–H and O–H groups in total. The van der Waals surface area contributed by atoms with Gasteiger partial charge in [0.25, 0.3) is 0 Å². The van der Waals surface area contributed by atoms with Crippen LogP contribution < -0.4 is 10.6 Å². The Balaban J connectivity index is 2.40. The quantitative estimate of drug-likeness (QED) is 0.799. The van der Waals surface area contributed by atoms with E-state index in [1.165, 1.54) is 12.1 Å². The molecule has 0 unspecified atom stereocenters. The van der Waals surface area contributed by atoms with Crippen molar-refractivity contribution in [1.29, 1.82) is 5.26 Å². The van der Waals surface area contributed by atoms with Crippen LogP contribution in [0.25, 0.3) is 0 Å². The largest absolute Gasteiger partial charge is 0.355 e. The highest BCUT2D eigenvalue weighted by Gasteiger charge is 2.03. The number of nitrogens with one attached hydrogen (secondary N) is 2. The lowest BCUT2D eigenvalue weighted by Gasteiger charge is -2.06. The number of nitriles is 1. The van der Waals surface area contributed by atoms with E-state index in [4.69, 9.17) is 5.26 Å². The lowest BCUT2D eigenvalue weighted by Crippen LogP contribution is -2.33. The molecule has 96 valence electrons. The molecule has 0 radical (unpaired) electrons. The fourth-order valence-corrected chi connectivity index (χ4v) is 1.42. The van der Waals surface area contributed by atoms with Crippen molar-refractivity contribution in [3.05, 3.63) is 35.1 Å². The number of carbonyl (C=O) groups is 1. The summed E-state index contributed by atoms with van der Waals surface area (Å²) in [6.45, 7) is 3.28. The molecule has 0 saturated carbocycles. The molecule has 5 heteroatoms. The predicted octanol–water partition coefficient (Wildman–Crippen LogP) is 1.31. The number of carbonyl (C=O) groups excluding carboxylic acids is 1. The maximum absolute atomic E-state index is 13.1. The minimum Gasteiger partial charge on any atom is -0.355 e. The van der Waals surface area contributed by atoms with E-state index in [9.17, 15) is 9.18 Å². The van der Waals surface area contributed by atoms with Gasteiger partial charge in [0.2, 0.25) is 5.91 Å². The van der Waals surface area contributed by atoms with Crippen LogP contribution in [0.5, 0.6) is 0 Å². The van der Waals surface area contributed by atoms with Gasteiger partial charge in [0, 0.05) is 13.1 Å². The third-order valence-corrected chi connectivity index (χ3v) is 2.34. The summed E-state index contributed by atoms with van der Waals surface area (Å²) in [6, 6.07) is 6.11. The number of nitrogens with zero attached hydrogens (tertiary/aromatic N) is 1. The molecule has 18 heavy (non-hydrogen) atoms. The minimum absolute atomic E-state index is 0.0183. The van der Waals surface area contributed by atoms with Crippen LogP contribution in [0.3, 0.4) is 0 Å². The van der Waals surface area contributed by atoms with E-state index >= 15 is 0 Å². The van der Waals surface area contributed by atoms with Crippen molar-refractivity contribution in [3.8, 4) is 6.07 Å². The molecule has 0 saturated heterocycles. The standard InChI is InChI=1S/C13H16FN3O/c1-2-5-17-13(18)9-16-8-10-3-4-12(14)11(6-10)7-15/h3-4,6,16H,2,5,8-9H2,1H3,(H,17,18). The second-order valence-corrected chi connectivity index (χ2v) is 3.88. The topological polar surface area (TPSA) is 64.9 Å². The zero-order valence-electron chi connectivity index (χ0n) is 10.3. The van der Waals surface area contributed by atoms with Gasteiger partial charge in [0.1, 0.15) is 11.9 Å². The highest BCUT2D eigenvalue weighted by Crippen LogP contribution is 2.09. The average Bonchev–Trinajstić information content (AvgIpc) is 2.38. The Morgan fingerprint density at radius 2 is 2.28 bits per heavy atom.